The van der Waals surface area contributed by atoms with Crippen LogP contribution in [0.4, 0.5) is 5.69 Å². The van der Waals surface area contributed by atoms with Crippen LogP contribution in [-0.2, 0) is 30.3 Å². The Balaban J connectivity index is 1.89. The standard InChI is InChI=1S/C21H24N2O7/c1-5-29-21(27)17-10-13(2)23(14(17)3)11-19(25)30-12-18(24)22-16-8-6-15(7-9-16)20(26)28-4/h6-10H,5,11-12H2,1-4H3,(H,22,24). The lowest BCUT2D eigenvalue weighted by Gasteiger charge is -2.10. The highest BCUT2D eigenvalue weighted by Crippen LogP contribution is 2.16. The van der Waals surface area contributed by atoms with Gasteiger partial charge in [0.2, 0.25) is 0 Å². The fraction of sp³-hybridized carbons (Fsp3) is 0.333. The largest absolute Gasteiger partial charge is 0.465 e. The molecule has 9 nitrogen and oxygen atoms in total. The summed E-state index contributed by atoms with van der Waals surface area (Å²) in [6.07, 6.45) is 0. The van der Waals surface area contributed by atoms with Crippen LogP contribution in [0, 0.1) is 13.8 Å². The average molecular weight is 416 g/mol. The predicted octanol–water partition coefficient (Wildman–Crippen LogP) is 2.25. The minimum atomic E-state index is -0.622. The van der Waals surface area contributed by atoms with Gasteiger partial charge >= 0.3 is 17.9 Å². The number of hydrogen-bond acceptors (Lipinski definition) is 7. The van der Waals surface area contributed by atoms with Gasteiger partial charge in [0.25, 0.3) is 5.91 Å². The first-order valence-electron chi connectivity index (χ1n) is 9.24. The number of aryl methyl sites for hydroxylation is 1. The van der Waals surface area contributed by atoms with Crippen molar-refractivity contribution >= 4 is 29.5 Å². The lowest BCUT2D eigenvalue weighted by Crippen LogP contribution is -2.23. The van der Waals surface area contributed by atoms with Gasteiger partial charge < -0.3 is 24.1 Å². The monoisotopic (exact) mass is 416 g/mol. The number of aromatic nitrogens is 1. The molecule has 0 aliphatic rings. The number of carbonyl (C=O) groups excluding carboxylic acids is 4. The quantitative estimate of drug-likeness (QED) is 0.519. The summed E-state index contributed by atoms with van der Waals surface area (Å²) >= 11 is 0. The predicted molar refractivity (Wildman–Crippen MR) is 107 cm³/mol. The first-order chi connectivity index (χ1) is 14.3. The second-order valence-corrected chi connectivity index (χ2v) is 6.37. The summed E-state index contributed by atoms with van der Waals surface area (Å²) < 4.78 is 16.2. The number of anilines is 1. The van der Waals surface area contributed by atoms with Gasteiger partial charge in [-0.15, -0.1) is 0 Å². The topological polar surface area (TPSA) is 113 Å². The van der Waals surface area contributed by atoms with Gasteiger partial charge in [-0.2, -0.15) is 0 Å². The summed E-state index contributed by atoms with van der Waals surface area (Å²) in [7, 11) is 1.28. The first-order valence-corrected chi connectivity index (χ1v) is 9.24. The van der Waals surface area contributed by atoms with E-state index in [2.05, 4.69) is 10.1 Å². The molecule has 0 fully saturated rings. The van der Waals surface area contributed by atoms with Crippen molar-refractivity contribution in [2.75, 3.05) is 25.6 Å². The maximum atomic E-state index is 12.1. The molecule has 0 bridgehead atoms. The molecule has 30 heavy (non-hydrogen) atoms. The normalized spacial score (nSPS) is 10.3. The zero-order valence-corrected chi connectivity index (χ0v) is 17.3. The Morgan fingerprint density at radius 1 is 1.00 bits per heavy atom. The van der Waals surface area contributed by atoms with Crippen molar-refractivity contribution in [3.8, 4) is 0 Å². The van der Waals surface area contributed by atoms with Crippen molar-refractivity contribution in [2.24, 2.45) is 0 Å². The smallest absolute Gasteiger partial charge is 0.339 e. The van der Waals surface area contributed by atoms with Crippen molar-refractivity contribution in [3.05, 3.63) is 52.8 Å². The zero-order chi connectivity index (χ0) is 22.3. The third-order valence-electron chi connectivity index (χ3n) is 4.31. The summed E-state index contributed by atoms with van der Waals surface area (Å²) in [5.74, 6) is -2.09. The van der Waals surface area contributed by atoms with E-state index < -0.39 is 30.4 Å². The van der Waals surface area contributed by atoms with E-state index in [1.54, 1.807) is 31.4 Å². The minimum Gasteiger partial charge on any atom is -0.465 e. The van der Waals surface area contributed by atoms with Gasteiger partial charge in [0.05, 0.1) is 24.8 Å². The maximum absolute atomic E-state index is 12.1. The van der Waals surface area contributed by atoms with Gasteiger partial charge in [-0.05, 0) is 51.1 Å². The van der Waals surface area contributed by atoms with Crippen LogP contribution in [0.25, 0.3) is 0 Å². The number of ether oxygens (including phenoxy) is 3. The van der Waals surface area contributed by atoms with Crippen LogP contribution < -0.4 is 5.32 Å². The second-order valence-electron chi connectivity index (χ2n) is 6.37. The lowest BCUT2D eigenvalue weighted by atomic mass is 10.2. The van der Waals surface area contributed by atoms with E-state index >= 15 is 0 Å². The highest BCUT2D eigenvalue weighted by molar-refractivity contribution is 5.94. The van der Waals surface area contributed by atoms with E-state index in [0.29, 0.717) is 28.2 Å². The molecule has 0 aliphatic heterocycles. The minimum absolute atomic E-state index is 0.141. The van der Waals surface area contributed by atoms with Gasteiger partial charge in [-0.1, -0.05) is 0 Å². The van der Waals surface area contributed by atoms with Crippen LogP contribution in [-0.4, -0.2) is 48.7 Å². The summed E-state index contributed by atoms with van der Waals surface area (Å²) in [5, 5.41) is 2.56. The molecule has 160 valence electrons. The van der Waals surface area contributed by atoms with E-state index in [4.69, 9.17) is 9.47 Å². The number of carbonyl (C=O) groups is 4. The Hall–Kier alpha value is -3.62. The van der Waals surface area contributed by atoms with Crippen LogP contribution in [0.15, 0.2) is 30.3 Å². The molecule has 0 radical (unpaired) electrons. The zero-order valence-electron chi connectivity index (χ0n) is 17.3. The van der Waals surface area contributed by atoms with Crippen LogP contribution in [0.5, 0.6) is 0 Å². The number of nitrogens with zero attached hydrogens (tertiary/aromatic N) is 1. The van der Waals surface area contributed by atoms with Crippen LogP contribution in [0.3, 0.4) is 0 Å². The molecular formula is C21H24N2O7. The Morgan fingerprint density at radius 3 is 2.27 bits per heavy atom. The number of esters is 3. The number of methoxy groups -OCH3 is 1. The Morgan fingerprint density at radius 2 is 1.67 bits per heavy atom. The fourth-order valence-electron chi connectivity index (χ4n) is 2.79. The molecule has 0 aliphatic carbocycles. The molecule has 1 aromatic heterocycles. The van der Waals surface area contributed by atoms with Crippen LogP contribution in [0.1, 0.15) is 39.0 Å². The van der Waals surface area contributed by atoms with Gasteiger partial charge in [0.1, 0.15) is 6.54 Å². The second kappa shape index (κ2) is 10.2. The lowest BCUT2D eigenvalue weighted by molar-refractivity contribution is -0.147. The van der Waals surface area contributed by atoms with E-state index in [9.17, 15) is 19.2 Å². The SMILES string of the molecule is CCOC(=O)c1cc(C)n(CC(=O)OCC(=O)Nc2ccc(C(=O)OC)cc2)c1C. The molecule has 1 N–H and O–H groups in total. The van der Waals surface area contributed by atoms with Crippen molar-refractivity contribution in [3.63, 3.8) is 0 Å². The summed E-state index contributed by atoms with van der Waals surface area (Å²) in [6, 6.07) is 7.73. The number of benzene rings is 1. The fourth-order valence-corrected chi connectivity index (χ4v) is 2.79. The maximum Gasteiger partial charge on any atom is 0.339 e. The van der Waals surface area contributed by atoms with Gasteiger partial charge in [-0.25, -0.2) is 9.59 Å². The number of rotatable bonds is 8. The average Bonchev–Trinajstić information content (AvgIpc) is 3.00. The van der Waals surface area contributed by atoms with Crippen molar-refractivity contribution < 1.29 is 33.4 Å². The van der Waals surface area contributed by atoms with Gasteiger partial charge in [0.15, 0.2) is 6.61 Å². The number of amides is 1. The third-order valence-corrected chi connectivity index (χ3v) is 4.31. The molecule has 0 atom stereocenters. The molecule has 1 aromatic carbocycles. The highest BCUT2D eigenvalue weighted by atomic mass is 16.5. The molecule has 0 unspecified atom stereocenters. The molecule has 1 amide bonds. The number of nitrogens with one attached hydrogen (secondary N) is 1. The van der Waals surface area contributed by atoms with Crippen LogP contribution in [0.2, 0.25) is 0 Å². The summed E-state index contributed by atoms with van der Waals surface area (Å²) in [5.41, 5.74) is 2.46. The molecule has 0 saturated carbocycles. The molecule has 1 heterocycles. The first kappa shape index (κ1) is 22.7. The summed E-state index contributed by atoms with van der Waals surface area (Å²) in [6.45, 7) is 4.82. The Kier molecular flexibility index (Phi) is 7.74. The molecule has 0 spiro atoms. The van der Waals surface area contributed by atoms with Crippen LogP contribution >= 0.6 is 0 Å². The van der Waals surface area contributed by atoms with Crippen molar-refractivity contribution in [2.45, 2.75) is 27.3 Å². The van der Waals surface area contributed by atoms with E-state index in [-0.39, 0.29) is 13.2 Å². The molecular weight excluding hydrogens is 392 g/mol. The van der Waals surface area contributed by atoms with Gasteiger partial charge in [-0.3, -0.25) is 9.59 Å². The van der Waals surface area contributed by atoms with E-state index in [1.165, 1.54) is 31.4 Å². The summed E-state index contributed by atoms with van der Waals surface area (Å²) in [4.78, 5) is 47.5. The Bertz CT molecular complexity index is 945. The number of hydrogen-bond donors (Lipinski definition) is 1. The molecule has 2 rings (SSSR count). The van der Waals surface area contributed by atoms with Crippen molar-refractivity contribution in [1.29, 1.82) is 0 Å². The van der Waals surface area contributed by atoms with E-state index in [0.717, 1.165) is 0 Å². The van der Waals surface area contributed by atoms with Crippen molar-refractivity contribution in [1.82, 2.24) is 4.57 Å². The van der Waals surface area contributed by atoms with Gasteiger partial charge in [0, 0.05) is 17.1 Å². The molecule has 0 saturated heterocycles. The molecule has 9 heteroatoms. The highest BCUT2D eigenvalue weighted by Gasteiger charge is 2.19. The Labute approximate surface area is 173 Å². The third kappa shape index (κ3) is 5.69. The molecule has 2 aromatic rings. The van der Waals surface area contributed by atoms with E-state index in [1.807, 2.05) is 0 Å².